The minimum Gasteiger partial charge on any atom is -0.356 e. The molecule has 1 unspecified atom stereocenters. The first kappa shape index (κ1) is 21.6. The van der Waals surface area contributed by atoms with Crippen LogP contribution in [0.25, 0.3) is 0 Å². The van der Waals surface area contributed by atoms with Gasteiger partial charge in [-0.25, -0.2) is 4.99 Å². The fraction of sp³-hybridized carbons (Fsp3) is 0.600. The summed E-state index contributed by atoms with van der Waals surface area (Å²) in [6.45, 7) is 4.01. The Balaban J connectivity index is 2.03. The fourth-order valence-corrected chi connectivity index (χ4v) is 3.42. The lowest BCUT2D eigenvalue weighted by Crippen LogP contribution is -2.44. The number of benzene rings is 1. The summed E-state index contributed by atoms with van der Waals surface area (Å²) in [6, 6.07) is 10.9. The lowest BCUT2D eigenvalue weighted by Gasteiger charge is -2.29. The Hall–Kier alpha value is -1.73. The molecule has 2 rings (SSSR count). The zero-order valence-corrected chi connectivity index (χ0v) is 17.6. The summed E-state index contributed by atoms with van der Waals surface area (Å²) >= 11 is 1.79. The number of carbonyl (C=O) groups is 1. The largest absolute Gasteiger partial charge is 0.356 e. The molecule has 1 amide bonds. The zero-order chi connectivity index (χ0) is 19.5. The minimum absolute atomic E-state index is 0.000110. The van der Waals surface area contributed by atoms with Crippen LogP contribution in [-0.2, 0) is 4.79 Å². The number of likely N-dealkylation sites (N-methyl/N-ethyl adjacent to an activating group) is 1. The van der Waals surface area contributed by atoms with Crippen LogP contribution in [0.2, 0.25) is 0 Å². The van der Waals surface area contributed by atoms with Gasteiger partial charge in [-0.2, -0.15) is 11.8 Å². The van der Waals surface area contributed by atoms with Gasteiger partial charge in [0, 0.05) is 32.9 Å². The molecule has 150 valence electrons. The van der Waals surface area contributed by atoms with E-state index in [-0.39, 0.29) is 12.5 Å². The number of rotatable bonds is 9. The van der Waals surface area contributed by atoms with Gasteiger partial charge in [0.25, 0.3) is 0 Å². The molecule has 0 saturated carbocycles. The van der Waals surface area contributed by atoms with Crippen LogP contribution in [0.15, 0.2) is 35.3 Å². The lowest BCUT2D eigenvalue weighted by molar-refractivity contribution is -0.127. The Morgan fingerprint density at radius 3 is 2.56 bits per heavy atom. The van der Waals surface area contributed by atoms with Crippen LogP contribution in [0.1, 0.15) is 24.4 Å². The van der Waals surface area contributed by atoms with Gasteiger partial charge in [-0.1, -0.05) is 30.3 Å². The zero-order valence-electron chi connectivity index (χ0n) is 16.8. The molecule has 0 aromatic heterocycles. The van der Waals surface area contributed by atoms with Crippen molar-refractivity contribution < 1.29 is 4.79 Å². The van der Waals surface area contributed by atoms with E-state index in [4.69, 9.17) is 0 Å². The van der Waals surface area contributed by atoms with Gasteiger partial charge in [0.1, 0.15) is 6.54 Å². The summed E-state index contributed by atoms with van der Waals surface area (Å²) in [7, 11) is 3.51. The first-order valence-corrected chi connectivity index (χ1v) is 11.0. The van der Waals surface area contributed by atoms with Gasteiger partial charge >= 0.3 is 0 Å². The van der Waals surface area contributed by atoms with Crippen LogP contribution >= 0.6 is 11.8 Å². The number of thioether (sulfide) groups is 1. The fourth-order valence-electron chi connectivity index (χ4n) is 3.11. The van der Waals surface area contributed by atoms with E-state index in [1.807, 2.05) is 0 Å². The SMILES string of the molecule is CSCCNC(=NCC(=O)N(C)C)NCC(c1ccccc1)N1CCCC1. The average Bonchev–Trinajstić information content (AvgIpc) is 3.20. The molecule has 1 saturated heterocycles. The maximum Gasteiger partial charge on any atom is 0.243 e. The highest BCUT2D eigenvalue weighted by atomic mass is 32.2. The summed E-state index contributed by atoms with van der Waals surface area (Å²) < 4.78 is 0. The van der Waals surface area contributed by atoms with Crippen LogP contribution < -0.4 is 10.6 Å². The Bertz CT molecular complexity index is 587. The number of hydrogen-bond donors (Lipinski definition) is 2. The molecule has 1 aromatic carbocycles. The third kappa shape index (κ3) is 7.42. The van der Waals surface area contributed by atoms with Crippen molar-refractivity contribution in [1.82, 2.24) is 20.4 Å². The number of likely N-dealkylation sites (tertiary alicyclic amines) is 1. The average molecular weight is 392 g/mol. The molecular weight excluding hydrogens is 358 g/mol. The molecule has 2 N–H and O–H groups in total. The Morgan fingerprint density at radius 2 is 1.93 bits per heavy atom. The number of nitrogens with zero attached hydrogens (tertiary/aromatic N) is 3. The molecule has 1 aromatic rings. The summed E-state index contributed by atoms with van der Waals surface area (Å²) in [6.07, 6.45) is 4.60. The Kier molecular flexibility index (Phi) is 9.48. The van der Waals surface area contributed by atoms with Crippen molar-refractivity contribution in [2.45, 2.75) is 18.9 Å². The first-order chi connectivity index (χ1) is 13.1. The smallest absolute Gasteiger partial charge is 0.243 e. The normalized spacial score (nSPS) is 16.2. The molecule has 27 heavy (non-hydrogen) atoms. The van der Waals surface area contributed by atoms with E-state index in [9.17, 15) is 4.79 Å². The van der Waals surface area contributed by atoms with Crippen LogP contribution in [0.4, 0.5) is 0 Å². The standard InChI is InChI=1S/C20H33N5OS/c1-24(2)19(26)16-23-20(21-11-14-27-3)22-15-18(25-12-7-8-13-25)17-9-5-4-6-10-17/h4-6,9-10,18H,7-8,11-16H2,1-3H3,(H2,21,22,23). The van der Waals surface area contributed by atoms with Gasteiger partial charge in [-0.3, -0.25) is 9.69 Å². The molecule has 0 radical (unpaired) electrons. The second kappa shape index (κ2) is 11.9. The van der Waals surface area contributed by atoms with E-state index in [0.29, 0.717) is 12.0 Å². The van der Waals surface area contributed by atoms with Crippen molar-refractivity contribution in [3.8, 4) is 0 Å². The van der Waals surface area contributed by atoms with E-state index < -0.39 is 0 Å². The highest BCUT2D eigenvalue weighted by Crippen LogP contribution is 2.24. The topological polar surface area (TPSA) is 60.0 Å². The van der Waals surface area contributed by atoms with Crippen LogP contribution in [0.5, 0.6) is 0 Å². The van der Waals surface area contributed by atoms with Gasteiger partial charge in [0.15, 0.2) is 5.96 Å². The van der Waals surface area contributed by atoms with Gasteiger partial charge in [-0.05, 0) is 37.8 Å². The summed E-state index contributed by atoms with van der Waals surface area (Å²) in [4.78, 5) is 20.5. The second-order valence-electron chi connectivity index (χ2n) is 6.92. The van der Waals surface area contributed by atoms with E-state index in [2.05, 4.69) is 57.1 Å². The molecule has 0 bridgehead atoms. The third-order valence-corrected chi connectivity index (χ3v) is 5.31. The molecular formula is C20H33N5OS. The quantitative estimate of drug-likeness (QED) is 0.382. The minimum atomic E-state index is 0.000110. The van der Waals surface area contributed by atoms with E-state index in [1.54, 1.807) is 30.8 Å². The van der Waals surface area contributed by atoms with Crippen molar-refractivity contribution in [2.75, 3.05) is 58.8 Å². The summed E-state index contributed by atoms with van der Waals surface area (Å²) in [5, 5.41) is 6.81. The molecule has 1 fully saturated rings. The number of nitrogens with one attached hydrogen (secondary N) is 2. The third-order valence-electron chi connectivity index (χ3n) is 4.70. The van der Waals surface area contributed by atoms with E-state index in [1.165, 1.54) is 18.4 Å². The van der Waals surface area contributed by atoms with Crippen molar-refractivity contribution in [1.29, 1.82) is 0 Å². The molecule has 1 aliphatic heterocycles. The monoisotopic (exact) mass is 391 g/mol. The summed E-state index contributed by atoms with van der Waals surface area (Å²) in [5.41, 5.74) is 1.32. The Morgan fingerprint density at radius 1 is 1.22 bits per heavy atom. The molecule has 1 atom stereocenters. The Labute approximate surface area is 167 Å². The number of hydrogen-bond acceptors (Lipinski definition) is 4. The number of guanidine groups is 1. The molecule has 0 spiro atoms. The van der Waals surface area contributed by atoms with Crippen molar-refractivity contribution in [3.63, 3.8) is 0 Å². The van der Waals surface area contributed by atoms with Crippen LogP contribution in [0.3, 0.4) is 0 Å². The highest BCUT2D eigenvalue weighted by molar-refractivity contribution is 7.98. The van der Waals surface area contributed by atoms with Crippen LogP contribution in [-0.4, -0.2) is 80.5 Å². The van der Waals surface area contributed by atoms with Gasteiger partial charge in [0.05, 0.1) is 6.04 Å². The molecule has 0 aliphatic carbocycles. The predicted octanol–water partition coefficient (Wildman–Crippen LogP) is 1.81. The van der Waals surface area contributed by atoms with Gasteiger partial charge in [0.2, 0.25) is 5.91 Å². The molecule has 6 nitrogen and oxygen atoms in total. The van der Waals surface area contributed by atoms with Crippen LogP contribution in [0, 0.1) is 0 Å². The number of carbonyl (C=O) groups excluding carboxylic acids is 1. The van der Waals surface area contributed by atoms with E-state index >= 15 is 0 Å². The number of amides is 1. The maximum atomic E-state index is 11.9. The lowest BCUT2D eigenvalue weighted by atomic mass is 10.1. The second-order valence-corrected chi connectivity index (χ2v) is 7.91. The first-order valence-electron chi connectivity index (χ1n) is 9.62. The number of aliphatic imine (C=N–C) groups is 1. The molecule has 1 heterocycles. The maximum absolute atomic E-state index is 11.9. The van der Waals surface area contributed by atoms with Crippen molar-refractivity contribution in [3.05, 3.63) is 35.9 Å². The molecule has 1 aliphatic rings. The molecule has 7 heteroatoms. The van der Waals surface area contributed by atoms with Crippen molar-refractivity contribution >= 4 is 23.6 Å². The van der Waals surface area contributed by atoms with Crippen molar-refractivity contribution in [2.24, 2.45) is 4.99 Å². The predicted molar refractivity (Wildman–Crippen MR) is 115 cm³/mol. The summed E-state index contributed by atoms with van der Waals surface area (Å²) in [5.74, 6) is 1.70. The van der Waals surface area contributed by atoms with Gasteiger partial charge in [-0.15, -0.1) is 0 Å². The van der Waals surface area contributed by atoms with E-state index in [0.717, 1.165) is 31.9 Å². The highest BCUT2D eigenvalue weighted by Gasteiger charge is 2.23. The van der Waals surface area contributed by atoms with Gasteiger partial charge < -0.3 is 15.5 Å².